The van der Waals surface area contributed by atoms with Gasteiger partial charge in [-0.15, -0.1) is 0 Å². The van der Waals surface area contributed by atoms with E-state index in [0.29, 0.717) is 12.5 Å². The fraction of sp³-hybridized carbons (Fsp3) is 0.500. The Morgan fingerprint density at radius 2 is 2.38 bits per heavy atom. The van der Waals surface area contributed by atoms with Crippen LogP contribution in [0.3, 0.4) is 0 Å². The van der Waals surface area contributed by atoms with Gasteiger partial charge in [0.2, 0.25) is 0 Å². The molecule has 0 aromatic carbocycles. The van der Waals surface area contributed by atoms with Gasteiger partial charge in [-0.1, -0.05) is 20.4 Å². The van der Waals surface area contributed by atoms with Crippen molar-refractivity contribution in [2.75, 3.05) is 0 Å². The van der Waals surface area contributed by atoms with Gasteiger partial charge in [-0.3, -0.25) is 4.68 Å². The summed E-state index contributed by atoms with van der Waals surface area (Å²) in [6.45, 7) is 8.50. The van der Waals surface area contributed by atoms with Crippen molar-refractivity contribution in [1.82, 2.24) is 9.78 Å². The van der Waals surface area contributed by atoms with Crippen LogP contribution < -0.4 is 0 Å². The molecule has 0 bridgehead atoms. The van der Waals surface area contributed by atoms with Gasteiger partial charge in [0.25, 0.3) is 0 Å². The lowest BCUT2D eigenvalue weighted by molar-refractivity contribution is 0.167. The molecule has 0 amide bonds. The largest absolute Gasteiger partial charge is 0.492 e. The lowest BCUT2D eigenvalue weighted by atomic mass is 10.2. The Kier molecular flexibility index (Phi) is 3.12. The molecule has 3 nitrogen and oxygen atoms in total. The maximum atomic E-state index is 5.47. The third-order valence-electron chi connectivity index (χ3n) is 1.97. The third-order valence-corrected chi connectivity index (χ3v) is 1.97. The predicted octanol–water partition coefficient (Wildman–Crippen LogP) is 2.11. The SMILES string of the molecule is C=C(OCc1ccnn1C)C(C)C. The summed E-state index contributed by atoms with van der Waals surface area (Å²) in [4.78, 5) is 0. The maximum Gasteiger partial charge on any atom is 0.129 e. The molecule has 1 aromatic heterocycles. The van der Waals surface area contributed by atoms with Crippen molar-refractivity contribution in [2.45, 2.75) is 20.5 Å². The summed E-state index contributed by atoms with van der Waals surface area (Å²) in [5, 5.41) is 4.05. The van der Waals surface area contributed by atoms with Gasteiger partial charge in [0.1, 0.15) is 6.61 Å². The first-order chi connectivity index (χ1) is 6.11. The molecular weight excluding hydrogens is 164 g/mol. The highest BCUT2D eigenvalue weighted by Crippen LogP contribution is 2.10. The van der Waals surface area contributed by atoms with Gasteiger partial charge in [-0.2, -0.15) is 5.10 Å². The normalized spacial score (nSPS) is 10.5. The highest BCUT2D eigenvalue weighted by Gasteiger charge is 2.03. The number of aromatic nitrogens is 2. The quantitative estimate of drug-likeness (QED) is 0.663. The summed E-state index contributed by atoms with van der Waals surface area (Å²) in [5.74, 6) is 1.19. The zero-order valence-corrected chi connectivity index (χ0v) is 8.45. The van der Waals surface area contributed by atoms with Crippen molar-refractivity contribution in [3.8, 4) is 0 Å². The second kappa shape index (κ2) is 4.12. The number of allylic oxidation sites excluding steroid dienone is 1. The van der Waals surface area contributed by atoms with E-state index >= 15 is 0 Å². The minimum atomic E-state index is 0.369. The van der Waals surface area contributed by atoms with E-state index in [1.54, 1.807) is 10.9 Å². The molecule has 3 heteroatoms. The average Bonchev–Trinajstić information content (AvgIpc) is 2.47. The molecule has 0 aliphatic rings. The van der Waals surface area contributed by atoms with Crippen molar-refractivity contribution in [1.29, 1.82) is 0 Å². The first-order valence-corrected chi connectivity index (χ1v) is 4.39. The fourth-order valence-corrected chi connectivity index (χ4v) is 0.876. The maximum absolute atomic E-state index is 5.47. The standard InChI is InChI=1S/C10H16N2O/c1-8(2)9(3)13-7-10-5-6-11-12(10)4/h5-6,8H,3,7H2,1-2,4H3. The van der Waals surface area contributed by atoms with Crippen LogP contribution in [0.2, 0.25) is 0 Å². The number of ether oxygens (including phenoxy) is 1. The highest BCUT2D eigenvalue weighted by atomic mass is 16.5. The van der Waals surface area contributed by atoms with E-state index in [4.69, 9.17) is 4.74 Å². The lowest BCUT2D eigenvalue weighted by Gasteiger charge is -2.11. The van der Waals surface area contributed by atoms with Gasteiger partial charge in [-0.25, -0.2) is 0 Å². The summed E-state index contributed by atoms with van der Waals surface area (Å²) in [7, 11) is 1.90. The van der Waals surface area contributed by atoms with Crippen molar-refractivity contribution in [3.05, 3.63) is 30.3 Å². The molecule has 1 rings (SSSR count). The van der Waals surface area contributed by atoms with E-state index in [2.05, 4.69) is 25.5 Å². The van der Waals surface area contributed by atoms with Crippen LogP contribution in [0.25, 0.3) is 0 Å². The zero-order valence-electron chi connectivity index (χ0n) is 8.45. The minimum Gasteiger partial charge on any atom is -0.492 e. The Morgan fingerprint density at radius 1 is 1.69 bits per heavy atom. The Labute approximate surface area is 79.0 Å². The van der Waals surface area contributed by atoms with Crippen LogP contribution in [0, 0.1) is 5.92 Å². The topological polar surface area (TPSA) is 27.1 Å². The molecule has 1 heterocycles. The summed E-state index contributed by atoms with van der Waals surface area (Å²) >= 11 is 0. The van der Waals surface area contributed by atoms with E-state index in [9.17, 15) is 0 Å². The van der Waals surface area contributed by atoms with Crippen LogP contribution >= 0.6 is 0 Å². The Bertz CT molecular complexity index is 289. The molecule has 0 radical (unpaired) electrons. The van der Waals surface area contributed by atoms with Crippen LogP contribution in [-0.4, -0.2) is 9.78 Å². The molecule has 1 aromatic rings. The molecular formula is C10H16N2O. The van der Waals surface area contributed by atoms with Gasteiger partial charge in [0.05, 0.1) is 11.5 Å². The molecule has 0 N–H and O–H groups in total. The molecule has 0 aliphatic heterocycles. The molecule has 0 saturated heterocycles. The molecule has 0 spiro atoms. The Balaban J connectivity index is 2.44. The summed E-state index contributed by atoms with van der Waals surface area (Å²) in [6.07, 6.45) is 1.76. The number of aryl methyl sites for hydroxylation is 1. The van der Waals surface area contributed by atoms with Crippen molar-refractivity contribution < 1.29 is 4.74 Å². The number of nitrogens with zero attached hydrogens (tertiary/aromatic N) is 2. The van der Waals surface area contributed by atoms with Gasteiger partial charge in [-0.05, 0) is 6.07 Å². The van der Waals surface area contributed by atoms with E-state index in [1.807, 2.05) is 13.1 Å². The van der Waals surface area contributed by atoms with Crippen LogP contribution in [0.5, 0.6) is 0 Å². The summed E-state index contributed by atoms with van der Waals surface area (Å²) in [6, 6.07) is 1.94. The van der Waals surface area contributed by atoms with Crippen molar-refractivity contribution in [3.63, 3.8) is 0 Å². The average molecular weight is 180 g/mol. The summed E-state index contributed by atoms with van der Waals surface area (Å²) in [5.41, 5.74) is 1.06. The smallest absolute Gasteiger partial charge is 0.129 e. The second-order valence-corrected chi connectivity index (χ2v) is 3.36. The monoisotopic (exact) mass is 180 g/mol. The van der Waals surface area contributed by atoms with E-state index in [1.165, 1.54) is 0 Å². The predicted molar refractivity (Wildman–Crippen MR) is 52.0 cm³/mol. The molecule has 0 aliphatic carbocycles. The second-order valence-electron chi connectivity index (χ2n) is 3.36. The number of rotatable bonds is 4. The summed E-state index contributed by atoms with van der Waals surface area (Å²) < 4.78 is 7.27. The Hall–Kier alpha value is -1.25. The van der Waals surface area contributed by atoms with Crippen LogP contribution in [-0.2, 0) is 18.4 Å². The number of hydrogen-bond acceptors (Lipinski definition) is 2. The fourth-order valence-electron chi connectivity index (χ4n) is 0.876. The molecule has 0 unspecified atom stereocenters. The molecule has 13 heavy (non-hydrogen) atoms. The van der Waals surface area contributed by atoms with Crippen molar-refractivity contribution in [2.24, 2.45) is 13.0 Å². The van der Waals surface area contributed by atoms with E-state index in [-0.39, 0.29) is 0 Å². The highest BCUT2D eigenvalue weighted by molar-refractivity contribution is 4.99. The Morgan fingerprint density at radius 3 is 2.85 bits per heavy atom. The molecule has 0 atom stereocenters. The van der Waals surface area contributed by atoms with Crippen LogP contribution in [0.4, 0.5) is 0 Å². The lowest BCUT2D eigenvalue weighted by Crippen LogP contribution is -2.03. The van der Waals surface area contributed by atoms with Crippen molar-refractivity contribution >= 4 is 0 Å². The first-order valence-electron chi connectivity index (χ1n) is 4.39. The minimum absolute atomic E-state index is 0.369. The number of hydrogen-bond donors (Lipinski definition) is 0. The molecule has 0 saturated carbocycles. The van der Waals surface area contributed by atoms with Gasteiger partial charge in [0.15, 0.2) is 0 Å². The zero-order chi connectivity index (χ0) is 9.84. The van der Waals surface area contributed by atoms with E-state index < -0.39 is 0 Å². The molecule has 0 fully saturated rings. The van der Waals surface area contributed by atoms with Crippen LogP contribution in [0.15, 0.2) is 24.6 Å². The third kappa shape index (κ3) is 2.61. The van der Waals surface area contributed by atoms with E-state index in [0.717, 1.165) is 11.5 Å². The first kappa shape index (κ1) is 9.84. The van der Waals surface area contributed by atoms with Gasteiger partial charge in [0, 0.05) is 19.2 Å². The van der Waals surface area contributed by atoms with Gasteiger partial charge < -0.3 is 4.74 Å². The molecule has 72 valence electrons. The van der Waals surface area contributed by atoms with Gasteiger partial charge >= 0.3 is 0 Å². The van der Waals surface area contributed by atoms with Crippen LogP contribution in [0.1, 0.15) is 19.5 Å².